The molecular weight excluding hydrogens is 306 g/mol. The van der Waals surface area contributed by atoms with Crippen LogP contribution in [-0.2, 0) is 19.4 Å². The summed E-state index contributed by atoms with van der Waals surface area (Å²) in [4.78, 5) is 4.26. The number of hydrogen-bond donors (Lipinski definition) is 1. The van der Waals surface area contributed by atoms with Crippen molar-refractivity contribution in [2.75, 3.05) is 6.61 Å². The molecule has 0 bridgehead atoms. The van der Waals surface area contributed by atoms with E-state index in [9.17, 15) is 5.11 Å². The second kappa shape index (κ2) is 6.82. The standard InChI is InChI=1S/C14H18BrN3O/c1-2-18-14(16-10-17-18)8-12(9-19)7-11-3-5-13(15)6-4-11/h3-6,10,12,19H,2,7-9H2,1H3. The van der Waals surface area contributed by atoms with Crippen LogP contribution in [0.2, 0.25) is 0 Å². The van der Waals surface area contributed by atoms with Crippen molar-refractivity contribution >= 4 is 15.9 Å². The van der Waals surface area contributed by atoms with E-state index in [2.05, 4.69) is 38.1 Å². The highest BCUT2D eigenvalue weighted by atomic mass is 79.9. The van der Waals surface area contributed by atoms with E-state index >= 15 is 0 Å². The van der Waals surface area contributed by atoms with Gasteiger partial charge < -0.3 is 5.11 Å². The van der Waals surface area contributed by atoms with E-state index in [0.717, 1.165) is 29.7 Å². The molecule has 1 unspecified atom stereocenters. The highest BCUT2D eigenvalue weighted by molar-refractivity contribution is 9.10. The minimum absolute atomic E-state index is 0.159. The molecule has 2 aromatic rings. The number of aryl methyl sites for hydroxylation is 1. The number of aliphatic hydroxyl groups excluding tert-OH is 1. The van der Waals surface area contributed by atoms with Gasteiger partial charge in [-0.3, -0.25) is 4.68 Å². The third-order valence-electron chi connectivity index (χ3n) is 3.16. The Labute approximate surface area is 121 Å². The highest BCUT2D eigenvalue weighted by Gasteiger charge is 2.13. The predicted octanol–water partition coefficient (Wildman–Crippen LogP) is 2.45. The van der Waals surface area contributed by atoms with Gasteiger partial charge in [0.2, 0.25) is 0 Å². The van der Waals surface area contributed by atoms with Crippen molar-refractivity contribution in [3.63, 3.8) is 0 Å². The van der Waals surface area contributed by atoms with Crippen molar-refractivity contribution in [2.24, 2.45) is 5.92 Å². The van der Waals surface area contributed by atoms with Gasteiger partial charge in [0.05, 0.1) is 0 Å². The van der Waals surface area contributed by atoms with E-state index in [1.54, 1.807) is 6.33 Å². The number of halogens is 1. The minimum Gasteiger partial charge on any atom is -0.396 e. The monoisotopic (exact) mass is 323 g/mol. The molecule has 1 atom stereocenters. The zero-order valence-electron chi connectivity index (χ0n) is 11.0. The zero-order chi connectivity index (χ0) is 13.7. The van der Waals surface area contributed by atoms with Crippen molar-refractivity contribution in [3.05, 3.63) is 46.5 Å². The molecule has 1 N–H and O–H groups in total. The van der Waals surface area contributed by atoms with Gasteiger partial charge in [-0.15, -0.1) is 0 Å². The summed E-state index contributed by atoms with van der Waals surface area (Å²) >= 11 is 3.43. The first kappa shape index (κ1) is 14.2. The Morgan fingerprint density at radius 2 is 2.00 bits per heavy atom. The van der Waals surface area contributed by atoms with Gasteiger partial charge in [-0.25, -0.2) is 4.98 Å². The van der Waals surface area contributed by atoms with Crippen LogP contribution in [0.3, 0.4) is 0 Å². The zero-order valence-corrected chi connectivity index (χ0v) is 12.5. The maximum atomic E-state index is 9.54. The average molecular weight is 324 g/mol. The summed E-state index contributed by atoms with van der Waals surface area (Å²) in [5, 5.41) is 13.7. The summed E-state index contributed by atoms with van der Waals surface area (Å²) < 4.78 is 2.95. The van der Waals surface area contributed by atoms with Crippen LogP contribution in [0.1, 0.15) is 18.3 Å². The molecule has 0 saturated heterocycles. The third-order valence-corrected chi connectivity index (χ3v) is 3.69. The Balaban J connectivity index is 2.02. The summed E-state index contributed by atoms with van der Waals surface area (Å²) in [7, 11) is 0. The fraction of sp³-hybridized carbons (Fsp3) is 0.429. The van der Waals surface area contributed by atoms with E-state index in [4.69, 9.17) is 0 Å². The maximum Gasteiger partial charge on any atom is 0.138 e. The Morgan fingerprint density at radius 1 is 1.26 bits per heavy atom. The van der Waals surface area contributed by atoms with E-state index in [1.165, 1.54) is 5.56 Å². The molecule has 19 heavy (non-hydrogen) atoms. The quantitative estimate of drug-likeness (QED) is 0.888. The molecule has 1 heterocycles. The molecule has 4 nitrogen and oxygen atoms in total. The average Bonchev–Trinajstić information content (AvgIpc) is 2.87. The molecule has 0 aliphatic rings. The molecule has 5 heteroatoms. The summed E-state index contributed by atoms with van der Waals surface area (Å²) in [6.45, 7) is 3.01. The second-order valence-electron chi connectivity index (χ2n) is 4.58. The Morgan fingerprint density at radius 3 is 2.63 bits per heavy atom. The number of rotatable bonds is 6. The van der Waals surface area contributed by atoms with Crippen LogP contribution in [0, 0.1) is 5.92 Å². The largest absolute Gasteiger partial charge is 0.396 e. The molecular formula is C14H18BrN3O. The van der Waals surface area contributed by atoms with E-state index < -0.39 is 0 Å². The third kappa shape index (κ3) is 3.88. The summed E-state index contributed by atoms with van der Waals surface area (Å²) in [6.07, 6.45) is 3.17. The molecule has 102 valence electrons. The Bertz CT molecular complexity index is 510. The van der Waals surface area contributed by atoms with Crippen LogP contribution < -0.4 is 0 Å². The molecule has 0 radical (unpaired) electrons. The van der Waals surface area contributed by atoms with Crippen LogP contribution >= 0.6 is 15.9 Å². The first-order valence-corrected chi connectivity index (χ1v) is 7.24. The van der Waals surface area contributed by atoms with Crippen LogP contribution in [-0.4, -0.2) is 26.5 Å². The second-order valence-corrected chi connectivity index (χ2v) is 5.49. The lowest BCUT2D eigenvalue weighted by Gasteiger charge is -2.14. The molecule has 2 rings (SSSR count). The topological polar surface area (TPSA) is 50.9 Å². The molecule has 0 fully saturated rings. The first-order chi connectivity index (χ1) is 9.22. The van der Waals surface area contributed by atoms with E-state index in [-0.39, 0.29) is 12.5 Å². The van der Waals surface area contributed by atoms with Gasteiger partial charge >= 0.3 is 0 Å². The van der Waals surface area contributed by atoms with Crippen molar-refractivity contribution in [1.29, 1.82) is 0 Å². The molecule has 0 aliphatic heterocycles. The van der Waals surface area contributed by atoms with Crippen LogP contribution in [0.15, 0.2) is 35.1 Å². The fourth-order valence-corrected chi connectivity index (χ4v) is 2.39. The molecule has 0 amide bonds. The smallest absolute Gasteiger partial charge is 0.138 e. The van der Waals surface area contributed by atoms with Crippen molar-refractivity contribution in [1.82, 2.24) is 14.8 Å². The normalized spacial score (nSPS) is 12.6. The van der Waals surface area contributed by atoms with E-state index in [0.29, 0.717) is 0 Å². The lowest BCUT2D eigenvalue weighted by molar-refractivity contribution is 0.222. The summed E-state index contributed by atoms with van der Waals surface area (Å²) in [5.41, 5.74) is 1.23. The first-order valence-electron chi connectivity index (χ1n) is 6.45. The number of aliphatic hydroxyl groups is 1. The number of hydrogen-bond acceptors (Lipinski definition) is 3. The lowest BCUT2D eigenvalue weighted by Crippen LogP contribution is -2.16. The summed E-state index contributed by atoms with van der Waals surface area (Å²) in [6, 6.07) is 8.21. The molecule has 1 aromatic carbocycles. The van der Waals surface area contributed by atoms with Gasteiger partial charge in [0.1, 0.15) is 12.2 Å². The minimum atomic E-state index is 0.159. The number of benzene rings is 1. The van der Waals surface area contributed by atoms with Crippen molar-refractivity contribution in [3.8, 4) is 0 Å². The van der Waals surface area contributed by atoms with Crippen LogP contribution in [0.5, 0.6) is 0 Å². The maximum absolute atomic E-state index is 9.54. The van der Waals surface area contributed by atoms with Gasteiger partial charge in [-0.05, 0) is 37.0 Å². The van der Waals surface area contributed by atoms with E-state index in [1.807, 2.05) is 23.7 Å². The SMILES string of the molecule is CCn1ncnc1CC(CO)Cc1ccc(Br)cc1. The molecule has 0 aliphatic carbocycles. The number of aromatic nitrogens is 3. The van der Waals surface area contributed by atoms with Gasteiger partial charge in [0.15, 0.2) is 0 Å². The van der Waals surface area contributed by atoms with Crippen LogP contribution in [0.4, 0.5) is 0 Å². The highest BCUT2D eigenvalue weighted by Crippen LogP contribution is 2.16. The van der Waals surface area contributed by atoms with Gasteiger partial charge in [-0.2, -0.15) is 5.10 Å². The fourth-order valence-electron chi connectivity index (χ4n) is 2.12. The summed E-state index contributed by atoms with van der Waals surface area (Å²) in [5.74, 6) is 1.12. The Kier molecular flexibility index (Phi) is 5.10. The van der Waals surface area contributed by atoms with Crippen molar-refractivity contribution in [2.45, 2.75) is 26.3 Å². The molecule has 0 spiro atoms. The van der Waals surface area contributed by atoms with Gasteiger partial charge in [0, 0.05) is 24.0 Å². The molecule has 1 aromatic heterocycles. The van der Waals surface area contributed by atoms with Crippen LogP contribution in [0.25, 0.3) is 0 Å². The Hall–Kier alpha value is -1.20. The predicted molar refractivity (Wildman–Crippen MR) is 77.8 cm³/mol. The number of nitrogens with zero attached hydrogens (tertiary/aromatic N) is 3. The van der Waals surface area contributed by atoms with Gasteiger partial charge in [0.25, 0.3) is 0 Å². The van der Waals surface area contributed by atoms with Gasteiger partial charge in [-0.1, -0.05) is 28.1 Å². The molecule has 0 saturated carbocycles. The lowest BCUT2D eigenvalue weighted by atomic mass is 9.96. The van der Waals surface area contributed by atoms with Crippen molar-refractivity contribution < 1.29 is 5.11 Å².